The summed E-state index contributed by atoms with van der Waals surface area (Å²) in [5, 5.41) is 4.17. The molecule has 0 spiro atoms. The highest BCUT2D eigenvalue weighted by molar-refractivity contribution is 6.25. The van der Waals surface area contributed by atoms with Gasteiger partial charge in [-0.2, -0.15) is 0 Å². The van der Waals surface area contributed by atoms with E-state index in [9.17, 15) is 2.74 Å². The van der Waals surface area contributed by atoms with Gasteiger partial charge in [0.25, 0.3) is 0 Å². The SMILES string of the molecule is [2H]c1c([2H])c([2H])c(-c2c(-c3c4ccccc4c(-c4c([2H])c([2H])c([2H])c(-c5ccccc5)c4[2H])c4ccccc34)ccc3oc4ccccc4c23)c([2H])c1[2H]. The summed E-state index contributed by atoms with van der Waals surface area (Å²) >= 11 is 0. The molecule has 0 aliphatic carbocycles. The molecule has 0 aliphatic heterocycles. The topological polar surface area (TPSA) is 13.1 Å². The smallest absolute Gasteiger partial charge is 0.136 e. The largest absolute Gasteiger partial charge is 0.456 e. The number of para-hydroxylation sites is 1. The Bertz CT molecular complexity index is 2960. The van der Waals surface area contributed by atoms with Gasteiger partial charge in [-0.15, -0.1) is 0 Å². The minimum Gasteiger partial charge on any atom is -0.456 e. The van der Waals surface area contributed by atoms with Crippen LogP contribution >= 0.6 is 0 Å². The molecule has 1 heteroatoms. The molecule has 9 rings (SSSR count). The molecule has 9 aromatic rings. The second-order valence-electron chi connectivity index (χ2n) is 10.9. The minimum atomic E-state index is -0.487. The Kier molecular flexibility index (Phi) is 4.15. The van der Waals surface area contributed by atoms with Gasteiger partial charge in [-0.05, 0) is 84.7 Å². The van der Waals surface area contributed by atoms with Crippen LogP contribution in [0.2, 0.25) is 0 Å². The summed E-state index contributed by atoms with van der Waals surface area (Å²) < 4.78 is 86.7. The molecule has 210 valence electrons. The lowest BCUT2D eigenvalue weighted by Crippen LogP contribution is -1.93. The Hall–Kier alpha value is -5.92. The molecule has 45 heavy (non-hydrogen) atoms. The van der Waals surface area contributed by atoms with E-state index < -0.39 is 18.1 Å². The second kappa shape index (κ2) is 10.4. The number of rotatable bonds is 4. The number of hydrogen-bond acceptors (Lipinski definition) is 1. The molecule has 0 fully saturated rings. The van der Waals surface area contributed by atoms with Crippen molar-refractivity contribution in [1.82, 2.24) is 0 Å². The Morgan fingerprint density at radius 2 is 0.956 bits per heavy atom. The van der Waals surface area contributed by atoms with Gasteiger partial charge in [0.1, 0.15) is 11.2 Å². The van der Waals surface area contributed by atoms with E-state index in [1.54, 1.807) is 12.1 Å². The van der Waals surface area contributed by atoms with Crippen molar-refractivity contribution in [2.45, 2.75) is 0 Å². The molecule has 0 saturated heterocycles. The first-order valence-electron chi connectivity index (χ1n) is 19.2. The summed E-state index contributed by atoms with van der Waals surface area (Å²) in [5.74, 6) is 0. The van der Waals surface area contributed by atoms with Crippen molar-refractivity contribution in [2.75, 3.05) is 0 Å². The summed E-state index contributed by atoms with van der Waals surface area (Å²) in [7, 11) is 0. The first kappa shape index (κ1) is 18.0. The summed E-state index contributed by atoms with van der Waals surface area (Å²) in [6.45, 7) is 0. The fourth-order valence-corrected chi connectivity index (χ4v) is 6.57. The molecule has 0 atom stereocenters. The summed E-state index contributed by atoms with van der Waals surface area (Å²) in [6, 6.07) is 32.7. The van der Waals surface area contributed by atoms with Crippen LogP contribution in [0, 0.1) is 0 Å². The summed E-state index contributed by atoms with van der Waals surface area (Å²) in [6.07, 6.45) is 0. The van der Waals surface area contributed by atoms with Crippen molar-refractivity contribution in [3.05, 3.63) is 170 Å². The number of benzene rings is 8. The lowest BCUT2D eigenvalue weighted by Gasteiger charge is -2.20. The third-order valence-corrected chi connectivity index (χ3v) is 8.43. The van der Waals surface area contributed by atoms with Crippen molar-refractivity contribution in [3.63, 3.8) is 0 Å². The van der Waals surface area contributed by atoms with E-state index >= 15 is 0 Å². The molecule has 1 aromatic heterocycles. The maximum absolute atomic E-state index is 9.54. The minimum absolute atomic E-state index is 0.0265. The zero-order valence-corrected chi connectivity index (χ0v) is 23.9. The van der Waals surface area contributed by atoms with E-state index in [1.165, 1.54) is 0 Å². The Morgan fingerprint density at radius 3 is 1.67 bits per heavy atom. The van der Waals surface area contributed by atoms with Crippen LogP contribution in [-0.4, -0.2) is 0 Å². The van der Waals surface area contributed by atoms with Crippen molar-refractivity contribution in [1.29, 1.82) is 0 Å². The van der Waals surface area contributed by atoms with Crippen molar-refractivity contribution >= 4 is 43.5 Å². The summed E-state index contributed by atoms with van der Waals surface area (Å²) in [5.41, 5.74) is 4.58. The van der Waals surface area contributed by atoms with Gasteiger partial charge in [0.15, 0.2) is 0 Å². The molecule has 0 unspecified atom stereocenters. The number of fused-ring (bicyclic) bond motifs is 5. The van der Waals surface area contributed by atoms with Crippen LogP contribution < -0.4 is 0 Å². The highest BCUT2D eigenvalue weighted by Crippen LogP contribution is 2.49. The predicted octanol–water partition coefficient (Wildman–Crippen LogP) is 12.6. The number of furan rings is 1. The van der Waals surface area contributed by atoms with Gasteiger partial charge in [0, 0.05) is 16.3 Å². The zero-order chi connectivity index (χ0) is 37.6. The average Bonchev–Trinajstić information content (AvgIpc) is 3.58. The third kappa shape index (κ3) is 4.09. The molecule has 8 aromatic carbocycles. The lowest BCUT2D eigenvalue weighted by atomic mass is 9.82. The van der Waals surface area contributed by atoms with Crippen LogP contribution in [0.3, 0.4) is 0 Å². The second-order valence-corrected chi connectivity index (χ2v) is 10.9. The van der Waals surface area contributed by atoms with Crippen molar-refractivity contribution in [2.24, 2.45) is 0 Å². The molecular weight excluding hydrogens is 544 g/mol. The fourth-order valence-electron chi connectivity index (χ4n) is 6.57. The zero-order valence-electron chi connectivity index (χ0n) is 32.9. The van der Waals surface area contributed by atoms with Gasteiger partial charge < -0.3 is 4.42 Å². The average molecular weight is 582 g/mol. The van der Waals surface area contributed by atoms with Crippen molar-refractivity contribution < 1.29 is 16.8 Å². The molecule has 0 aliphatic rings. The van der Waals surface area contributed by atoms with Gasteiger partial charge in [0.05, 0.1) is 12.3 Å². The Labute approximate surface area is 274 Å². The maximum Gasteiger partial charge on any atom is 0.136 e. The first-order chi connectivity index (χ1) is 26.1. The van der Waals surface area contributed by atoms with Crippen LogP contribution in [0.25, 0.3) is 88.0 Å². The highest BCUT2D eigenvalue weighted by Gasteiger charge is 2.22. The van der Waals surface area contributed by atoms with Crippen LogP contribution in [0.4, 0.5) is 0 Å². The van der Waals surface area contributed by atoms with Crippen molar-refractivity contribution in [3.8, 4) is 44.5 Å². The maximum atomic E-state index is 9.54. The molecule has 1 heterocycles. The standard InChI is InChI=1S/C44H28O/c1-3-14-29(15-4-1)31-18-13-19-32(28-31)41-33-20-7-9-22-35(33)43(36-23-10-8-21-34(36)41)38-26-27-40-44(37-24-11-12-25-39(37)45-40)42(38)30-16-5-2-6-17-30/h1-28H/i2D,5D,6D,13D,16D,17D,18D,19D,28D. The highest BCUT2D eigenvalue weighted by atomic mass is 16.3. The predicted molar refractivity (Wildman–Crippen MR) is 190 cm³/mol. The molecule has 0 radical (unpaired) electrons. The van der Waals surface area contributed by atoms with E-state index in [2.05, 4.69) is 0 Å². The van der Waals surface area contributed by atoms with Crippen LogP contribution in [0.1, 0.15) is 12.3 Å². The quantitative estimate of drug-likeness (QED) is 0.188. The third-order valence-electron chi connectivity index (χ3n) is 8.43. The van der Waals surface area contributed by atoms with E-state index in [4.69, 9.17) is 14.0 Å². The number of hydrogen-bond donors (Lipinski definition) is 0. The van der Waals surface area contributed by atoms with E-state index in [-0.39, 0.29) is 52.9 Å². The van der Waals surface area contributed by atoms with Gasteiger partial charge in [-0.1, -0.05) is 145 Å². The molecule has 1 nitrogen and oxygen atoms in total. The summed E-state index contributed by atoms with van der Waals surface area (Å²) in [4.78, 5) is 0. The Morgan fingerprint density at radius 1 is 0.378 bits per heavy atom. The van der Waals surface area contributed by atoms with Gasteiger partial charge >= 0.3 is 0 Å². The molecular formula is C44H28O. The molecule has 0 saturated carbocycles. The van der Waals surface area contributed by atoms with Crippen LogP contribution in [0.15, 0.2) is 174 Å². The fraction of sp³-hybridized carbons (Fsp3) is 0. The van der Waals surface area contributed by atoms with E-state index in [0.29, 0.717) is 49.6 Å². The van der Waals surface area contributed by atoms with Gasteiger partial charge in [0.2, 0.25) is 0 Å². The van der Waals surface area contributed by atoms with E-state index in [0.717, 1.165) is 21.7 Å². The molecule has 0 bridgehead atoms. The monoisotopic (exact) mass is 581 g/mol. The molecule has 0 amide bonds. The van der Waals surface area contributed by atoms with Crippen LogP contribution in [-0.2, 0) is 0 Å². The Balaban J connectivity index is 1.49. The normalized spacial score (nSPS) is 14.4. The van der Waals surface area contributed by atoms with Gasteiger partial charge in [-0.3, -0.25) is 0 Å². The van der Waals surface area contributed by atoms with E-state index in [1.807, 2.05) is 103 Å². The molecule has 0 N–H and O–H groups in total. The lowest BCUT2D eigenvalue weighted by molar-refractivity contribution is 0.669. The van der Waals surface area contributed by atoms with Crippen LogP contribution in [0.5, 0.6) is 0 Å². The first-order valence-corrected chi connectivity index (χ1v) is 14.7. The van der Waals surface area contributed by atoms with Gasteiger partial charge in [-0.25, -0.2) is 0 Å².